The third-order valence-corrected chi connectivity index (χ3v) is 2.49. The first-order chi connectivity index (χ1) is 6.06. The molecule has 0 saturated heterocycles. The maximum Gasteiger partial charge on any atom is 0.161 e. The van der Waals surface area contributed by atoms with Gasteiger partial charge in [-0.25, -0.2) is 0 Å². The van der Waals surface area contributed by atoms with Crippen molar-refractivity contribution >= 4 is 27.4 Å². The SMILES string of the molecule is CC(=O)c1cc(C#N)cc(N)c1Br. The first kappa shape index (κ1) is 9.75. The molecular weight excluding hydrogens is 232 g/mol. The number of Topliss-reactive ketones (excluding diaryl/α,β-unsaturated/α-hetero) is 1. The summed E-state index contributed by atoms with van der Waals surface area (Å²) in [6.07, 6.45) is 0. The Kier molecular flexibility index (Phi) is 2.69. The fourth-order valence-electron chi connectivity index (χ4n) is 0.968. The molecule has 1 aromatic rings. The number of ketones is 1. The fourth-order valence-corrected chi connectivity index (χ4v) is 1.48. The molecule has 0 radical (unpaired) electrons. The molecule has 1 rings (SSSR count). The van der Waals surface area contributed by atoms with Crippen molar-refractivity contribution in [2.45, 2.75) is 6.92 Å². The standard InChI is InChI=1S/C9H7BrN2O/c1-5(13)7-2-6(4-11)3-8(12)9(7)10/h2-3H,12H2,1H3. The average Bonchev–Trinajstić information content (AvgIpc) is 2.09. The van der Waals surface area contributed by atoms with Gasteiger partial charge >= 0.3 is 0 Å². The first-order valence-electron chi connectivity index (χ1n) is 3.56. The number of nitrogens with zero attached hydrogens (tertiary/aromatic N) is 1. The Morgan fingerprint density at radius 1 is 1.62 bits per heavy atom. The number of carbonyl (C=O) groups excluding carboxylic acids is 1. The number of halogens is 1. The highest BCUT2D eigenvalue weighted by Gasteiger charge is 2.09. The minimum absolute atomic E-state index is 0.115. The van der Waals surface area contributed by atoms with Crippen LogP contribution in [0.15, 0.2) is 16.6 Å². The quantitative estimate of drug-likeness (QED) is 0.602. The zero-order valence-corrected chi connectivity index (χ0v) is 8.55. The van der Waals surface area contributed by atoms with Crippen LogP contribution in [0.1, 0.15) is 22.8 Å². The van der Waals surface area contributed by atoms with Gasteiger partial charge in [-0.2, -0.15) is 5.26 Å². The van der Waals surface area contributed by atoms with Crippen LogP contribution >= 0.6 is 15.9 Å². The van der Waals surface area contributed by atoms with Crippen LogP contribution in [-0.4, -0.2) is 5.78 Å². The van der Waals surface area contributed by atoms with E-state index in [1.807, 2.05) is 6.07 Å². The summed E-state index contributed by atoms with van der Waals surface area (Å²) in [6.45, 7) is 1.43. The minimum atomic E-state index is -0.115. The third kappa shape index (κ3) is 1.87. The van der Waals surface area contributed by atoms with Crippen molar-refractivity contribution in [1.29, 1.82) is 5.26 Å². The van der Waals surface area contributed by atoms with E-state index in [2.05, 4.69) is 15.9 Å². The van der Waals surface area contributed by atoms with Gasteiger partial charge in [-0.1, -0.05) is 0 Å². The number of nitriles is 1. The van der Waals surface area contributed by atoms with Crippen LogP contribution < -0.4 is 5.73 Å². The van der Waals surface area contributed by atoms with E-state index in [1.54, 1.807) is 0 Å². The molecule has 0 amide bonds. The maximum absolute atomic E-state index is 11.1. The molecule has 2 N–H and O–H groups in total. The molecule has 0 unspecified atom stereocenters. The van der Waals surface area contributed by atoms with Crippen LogP contribution in [-0.2, 0) is 0 Å². The molecule has 0 heterocycles. The lowest BCUT2D eigenvalue weighted by Gasteiger charge is -2.03. The van der Waals surface area contributed by atoms with Crippen LogP contribution in [0.25, 0.3) is 0 Å². The molecule has 66 valence electrons. The Morgan fingerprint density at radius 2 is 2.23 bits per heavy atom. The molecule has 0 atom stereocenters. The highest BCUT2D eigenvalue weighted by atomic mass is 79.9. The van der Waals surface area contributed by atoms with Crippen LogP contribution in [0.4, 0.5) is 5.69 Å². The Hall–Kier alpha value is -1.34. The highest BCUT2D eigenvalue weighted by molar-refractivity contribution is 9.10. The minimum Gasteiger partial charge on any atom is -0.398 e. The number of hydrogen-bond donors (Lipinski definition) is 1. The van der Waals surface area contributed by atoms with Gasteiger partial charge < -0.3 is 5.73 Å². The molecule has 4 heteroatoms. The van der Waals surface area contributed by atoms with Crippen LogP contribution in [0.2, 0.25) is 0 Å². The number of nitrogens with two attached hydrogens (primary N) is 1. The Morgan fingerprint density at radius 3 is 2.69 bits per heavy atom. The van der Waals surface area contributed by atoms with E-state index in [0.717, 1.165) is 0 Å². The van der Waals surface area contributed by atoms with Crippen LogP contribution in [0, 0.1) is 11.3 Å². The second-order valence-electron chi connectivity index (χ2n) is 2.60. The van der Waals surface area contributed by atoms with Crippen molar-refractivity contribution in [2.24, 2.45) is 0 Å². The van der Waals surface area contributed by atoms with Gasteiger partial charge in [-0.3, -0.25) is 4.79 Å². The monoisotopic (exact) mass is 238 g/mol. The summed E-state index contributed by atoms with van der Waals surface area (Å²) in [5.74, 6) is -0.115. The van der Waals surface area contributed by atoms with Crippen molar-refractivity contribution in [3.05, 3.63) is 27.7 Å². The van der Waals surface area contributed by atoms with Crippen LogP contribution in [0.3, 0.4) is 0 Å². The number of anilines is 1. The van der Waals surface area contributed by atoms with Gasteiger partial charge in [0, 0.05) is 11.3 Å². The molecule has 1 aromatic carbocycles. The summed E-state index contributed by atoms with van der Waals surface area (Å²) in [5.41, 5.74) is 6.83. The number of hydrogen-bond acceptors (Lipinski definition) is 3. The van der Waals surface area contributed by atoms with Crippen molar-refractivity contribution in [3.8, 4) is 6.07 Å². The summed E-state index contributed by atoms with van der Waals surface area (Å²) in [5, 5.41) is 8.63. The predicted molar refractivity (Wildman–Crippen MR) is 53.3 cm³/mol. The summed E-state index contributed by atoms with van der Waals surface area (Å²) < 4.78 is 0.555. The molecule has 0 spiro atoms. The third-order valence-electron chi connectivity index (χ3n) is 1.61. The van der Waals surface area contributed by atoms with E-state index < -0.39 is 0 Å². The van der Waals surface area contributed by atoms with E-state index >= 15 is 0 Å². The maximum atomic E-state index is 11.1. The lowest BCUT2D eigenvalue weighted by molar-refractivity contribution is 0.101. The van der Waals surface area contributed by atoms with Gasteiger partial charge in [0.15, 0.2) is 5.78 Å². The predicted octanol–water partition coefficient (Wildman–Crippen LogP) is 2.11. The average molecular weight is 239 g/mol. The van der Waals surface area contributed by atoms with E-state index in [0.29, 0.717) is 21.3 Å². The molecule has 0 bridgehead atoms. The van der Waals surface area contributed by atoms with Crippen LogP contribution in [0.5, 0.6) is 0 Å². The number of carbonyl (C=O) groups is 1. The van der Waals surface area contributed by atoms with E-state index in [-0.39, 0.29) is 5.78 Å². The lowest BCUT2D eigenvalue weighted by Crippen LogP contribution is -1.98. The molecule has 0 aromatic heterocycles. The summed E-state index contributed by atoms with van der Waals surface area (Å²) in [6, 6.07) is 4.98. The van der Waals surface area contributed by atoms with Crippen molar-refractivity contribution in [3.63, 3.8) is 0 Å². The molecule has 0 aliphatic carbocycles. The Labute approximate surface area is 84.3 Å². The number of nitrogen functional groups attached to an aromatic ring is 1. The van der Waals surface area contributed by atoms with Crippen molar-refractivity contribution < 1.29 is 4.79 Å². The largest absolute Gasteiger partial charge is 0.398 e. The zero-order valence-electron chi connectivity index (χ0n) is 6.97. The number of rotatable bonds is 1. The fraction of sp³-hybridized carbons (Fsp3) is 0.111. The smallest absolute Gasteiger partial charge is 0.161 e. The normalized spacial score (nSPS) is 9.31. The van der Waals surface area contributed by atoms with Gasteiger partial charge in [0.25, 0.3) is 0 Å². The number of benzene rings is 1. The molecule has 0 aliphatic rings. The molecule has 3 nitrogen and oxygen atoms in total. The van der Waals surface area contributed by atoms with Gasteiger partial charge in [0.1, 0.15) is 0 Å². The van der Waals surface area contributed by atoms with Gasteiger partial charge in [0.2, 0.25) is 0 Å². The molecule has 0 aliphatic heterocycles. The molecule has 13 heavy (non-hydrogen) atoms. The molecule has 0 fully saturated rings. The van der Waals surface area contributed by atoms with Gasteiger partial charge in [0.05, 0.1) is 16.1 Å². The second kappa shape index (κ2) is 3.58. The highest BCUT2D eigenvalue weighted by Crippen LogP contribution is 2.25. The van der Waals surface area contributed by atoms with E-state index in [9.17, 15) is 4.79 Å². The molecule has 0 saturated carbocycles. The Bertz CT molecular complexity index is 407. The topological polar surface area (TPSA) is 66.9 Å². The lowest BCUT2D eigenvalue weighted by atomic mass is 10.1. The second-order valence-corrected chi connectivity index (χ2v) is 3.39. The summed E-state index contributed by atoms with van der Waals surface area (Å²) >= 11 is 3.19. The van der Waals surface area contributed by atoms with E-state index in [4.69, 9.17) is 11.0 Å². The Balaban J connectivity index is 3.44. The van der Waals surface area contributed by atoms with Gasteiger partial charge in [-0.15, -0.1) is 0 Å². The summed E-state index contributed by atoms with van der Waals surface area (Å²) in [7, 11) is 0. The summed E-state index contributed by atoms with van der Waals surface area (Å²) in [4.78, 5) is 11.1. The molecular formula is C9H7BrN2O. The van der Waals surface area contributed by atoms with Gasteiger partial charge in [-0.05, 0) is 35.0 Å². The first-order valence-corrected chi connectivity index (χ1v) is 4.35. The van der Waals surface area contributed by atoms with E-state index in [1.165, 1.54) is 19.1 Å². The zero-order chi connectivity index (χ0) is 10.0. The van der Waals surface area contributed by atoms with Crippen molar-refractivity contribution in [2.75, 3.05) is 5.73 Å². The van der Waals surface area contributed by atoms with Crippen molar-refractivity contribution in [1.82, 2.24) is 0 Å².